The van der Waals surface area contributed by atoms with Crippen LogP contribution in [0.25, 0.3) is 0 Å². The van der Waals surface area contributed by atoms with Crippen LogP contribution in [0.4, 0.5) is 0 Å². The lowest BCUT2D eigenvalue weighted by atomic mass is 9.80. The summed E-state index contributed by atoms with van der Waals surface area (Å²) in [4.78, 5) is 0. The van der Waals surface area contributed by atoms with Gasteiger partial charge >= 0.3 is 0 Å². The van der Waals surface area contributed by atoms with Gasteiger partial charge in [0.1, 0.15) is 0 Å². The third kappa shape index (κ3) is 1.46. The molecule has 1 atom stereocenters. The molecule has 1 heterocycles. The van der Waals surface area contributed by atoms with Crippen LogP contribution in [0, 0.1) is 0 Å². The molecular formula is C11H19N3. The van der Waals surface area contributed by atoms with Crippen molar-refractivity contribution in [1.29, 1.82) is 0 Å². The fourth-order valence-electron chi connectivity index (χ4n) is 2.13. The smallest absolute Gasteiger partial charge is 0.0540 e. The topological polar surface area (TPSA) is 29.9 Å². The van der Waals surface area contributed by atoms with Crippen molar-refractivity contribution < 1.29 is 0 Å². The molecule has 1 unspecified atom stereocenters. The standard InChI is InChI=1S/C11H19N3/c1-8(12-2)10-7-13-14(3)11(10)9-5-4-6-9/h7-9,12H,4-6H2,1-3H3. The molecule has 2 rings (SSSR count). The Morgan fingerprint density at radius 3 is 2.79 bits per heavy atom. The fraction of sp³-hybridized carbons (Fsp3) is 0.727. The predicted molar refractivity (Wildman–Crippen MR) is 57.3 cm³/mol. The van der Waals surface area contributed by atoms with Crippen LogP contribution in [0.5, 0.6) is 0 Å². The van der Waals surface area contributed by atoms with E-state index in [2.05, 4.69) is 24.4 Å². The molecule has 3 heteroatoms. The molecule has 3 nitrogen and oxygen atoms in total. The van der Waals surface area contributed by atoms with Gasteiger partial charge in [-0.05, 0) is 26.8 Å². The molecule has 1 aromatic rings. The summed E-state index contributed by atoms with van der Waals surface area (Å²) in [5.41, 5.74) is 2.82. The first-order chi connectivity index (χ1) is 6.74. The van der Waals surface area contributed by atoms with Crippen molar-refractivity contribution in [2.45, 2.75) is 38.1 Å². The van der Waals surface area contributed by atoms with Crippen molar-refractivity contribution in [2.75, 3.05) is 7.05 Å². The van der Waals surface area contributed by atoms with Gasteiger partial charge in [0, 0.05) is 30.3 Å². The molecule has 1 N–H and O–H groups in total. The Morgan fingerprint density at radius 1 is 1.57 bits per heavy atom. The number of aryl methyl sites for hydroxylation is 1. The van der Waals surface area contributed by atoms with E-state index < -0.39 is 0 Å². The molecule has 0 spiro atoms. The van der Waals surface area contributed by atoms with Gasteiger partial charge in [0.05, 0.1) is 6.20 Å². The van der Waals surface area contributed by atoms with Gasteiger partial charge in [0.15, 0.2) is 0 Å². The molecule has 1 saturated carbocycles. The van der Waals surface area contributed by atoms with Crippen LogP contribution < -0.4 is 5.32 Å². The normalized spacial score (nSPS) is 19.4. The van der Waals surface area contributed by atoms with Gasteiger partial charge in [-0.25, -0.2) is 0 Å². The van der Waals surface area contributed by atoms with E-state index in [4.69, 9.17) is 0 Å². The number of hydrogen-bond acceptors (Lipinski definition) is 2. The monoisotopic (exact) mass is 193 g/mol. The van der Waals surface area contributed by atoms with E-state index in [0.717, 1.165) is 5.92 Å². The van der Waals surface area contributed by atoms with E-state index in [0.29, 0.717) is 6.04 Å². The van der Waals surface area contributed by atoms with Gasteiger partial charge in [-0.3, -0.25) is 4.68 Å². The molecule has 0 radical (unpaired) electrons. The molecule has 78 valence electrons. The van der Waals surface area contributed by atoms with E-state index in [1.54, 1.807) is 0 Å². The zero-order valence-electron chi connectivity index (χ0n) is 9.25. The molecule has 0 bridgehead atoms. The van der Waals surface area contributed by atoms with Gasteiger partial charge in [0.25, 0.3) is 0 Å². The van der Waals surface area contributed by atoms with Crippen LogP contribution in [0.1, 0.15) is 49.4 Å². The molecule has 0 amide bonds. The van der Waals surface area contributed by atoms with Gasteiger partial charge in [-0.1, -0.05) is 6.42 Å². The fourth-order valence-corrected chi connectivity index (χ4v) is 2.13. The van der Waals surface area contributed by atoms with Crippen LogP contribution in [-0.2, 0) is 7.05 Å². The maximum atomic E-state index is 4.37. The van der Waals surface area contributed by atoms with Crippen molar-refractivity contribution in [3.05, 3.63) is 17.5 Å². The SMILES string of the molecule is CNC(C)c1cnn(C)c1C1CCC1. The Hall–Kier alpha value is -0.830. The third-order valence-corrected chi connectivity index (χ3v) is 3.41. The quantitative estimate of drug-likeness (QED) is 0.795. The molecule has 1 aliphatic rings. The van der Waals surface area contributed by atoms with Gasteiger partial charge in [-0.15, -0.1) is 0 Å². The van der Waals surface area contributed by atoms with E-state index >= 15 is 0 Å². The molecule has 0 aliphatic heterocycles. The number of nitrogens with one attached hydrogen (secondary N) is 1. The lowest BCUT2D eigenvalue weighted by Crippen LogP contribution is -2.19. The first kappa shape index (κ1) is 9.71. The number of nitrogens with zero attached hydrogens (tertiary/aromatic N) is 2. The van der Waals surface area contributed by atoms with Crippen LogP contribution in [0.2, 0.25) is 0 Å². The zero-order chi connectivity index (χ0) is 10.1. The molecule has 14 heavy (non-hydrogen) atoms. The Morgan fingerprint density at radius 2 is 2.29 bits per heavy atom. The zero-order valence-corrected chi connectivity index (χ0v) is 9.25. The lowest BCUT2D eigenvalue weighted by molar-refractivity contribution is 0.392. The summed E-state index contributed by atoms with van der Waals surface area (Å²) >= 11 is 0. The minimum absolute atomic E-state index is 0.416. The highest BCUT2D eigenvalue weighted by molar-refractivity contribution is 5.26. The Bertz CT molecular complexity index is 312. The summed E-state index contributed by atoms with van der Waals surface area (Å²) in [6.45, 7) is 2.19. The Labute approximate surface area is 85.5 Å². The minimum Gasteiger partial charge on any atom is -0.313 e. The number of hydrogen-bond donors (Lipinski definition) is 1. The first-order valence-electron chi connectivity index (χ1n) is 5.43. The Kier molecular flexibility index (Phi) is 2.59. The van der Waals surface area contributed by atoms with E-state index in [1.807, 2.05) is 17.9 Å². The summed E-state index contributed by atoms with van der Waals surface area (Å²) < 4.78 is 2.05. The summed E-state index contributed by atoms with van der Waals surface area (Å²) in [6.07, 6.45) is 6.06. The van der Waals surface area contributed by atoms with E-state index in [-0.39, 0.29) is 0 Å². The molecule has 0 aromatic carbocycles. The largest absolute Gasteiger partial charge is 0.313 e. The van der Waals surface area contributed by atoms with Crippen LogP contribution in [-0.4, -0.2) is 16.8 Å². The second-order valence-corrected chi connectivity index (χ2v) is 4.25. The van der Waals surface area contributed by atoms with Crippen molar-refractivity contribution in [3.8, 4) is 0 Å². The molecule has 1 aliphatic carbocycles. The number of rotatable bonds is 3. The molecule has 1 fully saturated rings. The first-order valence-corrected chi connectivity index (χ1v) is 5.43. The van der Waals surface area contributed by atoms with Crippen molar-refractivity contribution in [1.82, 2.24) is 15.1 Å². The van der Waals surface area contributed by atoms with Crippen LogP contribution >= 0.6 is 0 Å². The maximum Gasteiger partial charge on any atom is 0.0540 e. The van der Waals surface area contributed by atoms with E-state index in [9.17, 15) is 0 Å². The highest BCUT2D eigenvalue weighted by Crippen LogP contribution is 2.39. The maximum absolute atomic E-state index is 4.37. The minimum atomic E-state index is 0.416. The van der Waals surface area contributed by atoms with Crippen LogP contribution in [0.3, 0.4) is 0 Å². The van der Waals surface area contributed by atoms with Gasteiger partial charge in [-0.2, -0.15) is 5.10 Å². The highest BCUT2D eigenvalue weighted by atomic mass is 15.3. The Balaban J connectivity index is 2.30. The van der Waals surface area contributed by atoms with Crippen molar-refractivity contribution in [3.63, 3.8) is 0 Å². The molecular weight excluding hydrogens is 174 g/mol. The van der Waals surface area contributed by atoms with Crippen LogP contribution in [0.15, 0.2) is 6.20 Å². The number of aromatic nitrogens is 2. The third-order valence-electron chi connectivity index (χ3n) is 3.41. The van der Waals surface area contributed by atoms with Gasteiger partial charge in [0.2, 0.25) is 0 Å². The average molecular weight is 193 g/mol. The van der Waals surface area contributed by atoms with Crippen molar-refractivity contribution >= 4 is 0 Å². The van der Waals surface area contributed by atoms with Gasteiger partial charge < -0.3 is 5.32 Å². The average Bonchev–Trinajstić information content (AvgIpc) is 2.45. The predicted octanol–water partition coefficient (Wildman–Crippen LogP) is 1.97. The highest BCUT2D eigenvalue weighted by Gasteiger charge is 2.26. The van der Waals surface area contributed by atoms with Crippen molar-refractivity contribution in [2.24, 2.45) is 7.05 Å². The summed E-state index contributed by atoms with van der Waals surface area (Å²) in [7, 11) is 4.06. The van der Waals surface area contributed by atoms with E-state index in [1.165, 1.54) is 30.5 Å². The summed E-state index contributed by atoms with van der Waals surface area (Å²) in [5.74, 6) is 0.758. The lowest BCUT2D eigenvalue weighted by Gasteiger charge is -2.27. The molecule has 0 saturated heterocycles. The molecule has 1 aromatic heterocycles. The summed E-state index contributed by atoms with van der Waals surface area (Å²) in [5, 5.41) is 7.65. The summed E-state index contributed by atoms with van der Waals surface area (Å²) in [6, 6.07) is 0.416. The second kappa shape index (κ2) is 3.73. The second-order valence-electron chi connectivity index (χ2n) is 4.25.